The molecule has 0 spiro atoms. The van der Waals surface area contributed by atoms with E-state index in [4.69, 9.17) is 4.74 Å². The van der Waals surface area contributed by atoms with E-state index in [1.54, 1.807) is 12.1 Å². The fourth-order valence-electron chi connectivity index (χ4n) is 3.55. The summed E-state index contributed by atoms with van der Waals surface area (Å²) in [7, 11) is 0. The zero-order chi connectivity index (χ0) is 21.0. The summed E-state index contributed by atoms with van der Waals surface area (Å²) < 4.78 is 19.1. The minimum atomic E-state index is -0.479. The molecular weight excluding hydrogens is 367 g/mol. The Hall–Kier alpha value is -2.56. The maximum atomic E-state index is 13.1. The van der Waals surface area contributed by atoms with Gasteiger partial charge in [0.2, 0.25) is 0 Å². The number of hydrogen-bond donors (Lipinski definition) is 0. The molecule has 1 saturated heterocycles. The van der Waals surface area contributed by atoms with Gasteiger partial charge in [0.15, 0.2) is 6.10 Å². The van der Waals surface area contributed by atoms with Gasteiger partial charge in [-0.25, -0.2) is 4.39 Å². The number of ether oxygens (including phenoxy) is 1. The van der Waals surface area contributed by atoms with Crippen LogP contribution in [0.25, 0.3) is 0 Å². The van der Waals surface area contributed by atoms with Crippen LogP contribution >= 0.6 is 0 Å². The average molecular weight is 399 g/mol. The van der Waals surface area contributed by atoms with Crippen molar-refractivity contribution in [2.45, 2.75) is 45.6 Å². The van der Waals surface area contributed by atoms with Crippen molar-refractivity contribution >= 4 is 11.6 Å². The monoisotopic (exact) mass is 398 g/mol. The average Bonchev–Trinajstić information content (AvgIpc) is 2.72. The Morgan fingerprint density at radius 1 is 1.00 bits per heavy atom. The van der Waals surface area contributed by atoms with Crippen molar-refractivity contribution in [1.82, 2.24) is 4.90 Å². The van der Waals surface area contributed by atoms with E-state index in [1.165, 1.54) is 17.7 Å². The third-order valence-electron chi connectivity index (χ3n) is 5.43. The molecule has 1 atom stereocenters. The highest BCUT2D eigenvalue weighted by molar-refractivity contribution is 5.81. The van der Waals surface area contributed by atoms with Crippen molar-refractivity contribution in [1.29, 1.82) is 0 Å². The Balaban J connectivity index is 1.58. The van der Waals surface area contributed by atoms with E-state index in [2.05, 4.69) is 37.8 Å². The molecule has 1 aliphatic heterocycles. The molecule has 1 aliphatic rings. The van der Waals surface area contributed by atoms with Gasteiger partial charge in [-0.3, -0.25) is 4.79 Å². The molecule has 2 aromatic carbocycles. The maximum absolute atomic E-state index is 13.1. The summed E-state index contributed by atoms with van der Waals surface area (Å²) in [5, 5.41) is 0. The molecule has 0 radical (unpaired) electrons. The molecule has 2 aromatic rings. The van der Waals surface area contributed by atoms with Gasteiger partial charge in [-0.15, -0.1) is 0 Å². The van der Waals surface area contributed by atoms with Crippen LogP contribution in [0.5, 0.6) is 5.75 Å². The largest absolute Gasteiger partial charge is 0.481 e. The molecule has 1 unspecified atom stereocenters. The number of carbonyl (C=O) groups excluding carboxylic acids is 1. The summed E-state index contributed by atoms with van der Waals surface area (Å²) in [6, 6.07) is 14.5. The minimum absolute atomic E-state index is 0.0335. The van der Waals surface area contributed by atoms with E-state index in [9.17, 15) is 9.18 Å². The fourth-order valence-corrected chi connectivity index (χ4v) is 3.55. The lowest BCUT2D eigenvalue weighted by molar-refractivity contribution is -0.139. The zero-order valence-electron chi connectivity index (χ0n) is 17.8. The molecule has 0 aliphatic carbocycles. The maximum Gasteiger partial charge on any atom is 0.263 e. The third kappa shape index (κ3) is 5.28. The number of amides is 1. The topological polar surface area (TPSA) is 32.8 Å². The standard InChI is InChI=1S/C24H31FN2O2/c1-5-22(29-21-12-6-18(7-13-21)24(2,3)4)23(28)27-16-14-26(15-17-27)20-10-8-19(25)9-11-20/h6-13,22H,5,14-17H2,1-4H3. The highest BCUT2D eigenvalue weighted by atomic mass is 19.1. The van der Waals surface area contributed by atoms with E-state index < -0.39 is 6.10 Å². The van der Waals surface area contributed by atoms with Gasteiger partial charge in [-0.05, 0) is 53.8 Å². The van der Waals surface area contributed by atoms with Crippen molar-refractivity contribution in [3.8, 4) is 5.75 Å². The van der Waals surface area contributed by atoms with Gasteiger partial charge in [-0.1, -0.05) is 39.8 Å². The normalized spacial score (nSPS) is 15.9. The Kier molecular flexibility index (Phi) is 6.46. The summed E-state index contributed by atoms with van der Waals surface area (Å²) in [6.45, 7) is 11.2. The molecule has 1 amide bonds. The molecular formula is C24H31FN2O2. The van der Waals surface area contributed by atoms with Crippen molar-refractivity contribution < 1.29 is 13.9 Å². The minimum Gasteiger partial charge on any atom is -0.481 e. The predicted octanol–water partition coefficient (Wildman–Crippen LogP) is 4.63. The molecule has 0 saturated carbocycles. The number of benzene rings is 2. The van der Waals surface area contributed by atoms with E-state index in [0.717, 1.165) is 24.5 Å². The molecule has 0 aromatic heterocycles. The van der Waals surface area contributed by atoms with Gasteiger partial charge in [0, 0.05) is 31.9 Å². The Morgan fingerprint density at radius 2 is 1.59 bits per heavy atom. The van der Waals surface area contributed by atoms with Crippen LogP contribution in [0.4, 0.5) is 10.1 Å². The van der Waals surface area contributed by atoms with Crippen LogP contribution in [0.3, 0.4) is 0 Å². The number of halogens is 1. The van der Waals surface area contributed by atoms with E-state index in [1.807, 2.05) is 24.0 Å². The SMILES string of the molecule is CCC(Oc1ccc(C(C)(C)C)cc1)C(=O)N1CCN(c2ccc(F)cc2)CC1. The second-order valence-corrected chi connectivity index (χ2v) is 8.58. The number of anilines is 1. The van der Waals surface area contributed by atoms with Gasteiger partial charge >= 0.3 is 0 Å². The molecule has 1 fully saturated rings. The van der Waals surface area contributed by atoms with Crippen LogP contribution in [0, 0.1) is 5.82 Å². The van der Waals surface area contributed by atoms with E-state index in [-0.39, 0.29) is 17.1 Å². The molecule has 1 heterocycles. The lowest BCUT2D eigenvalue weighted by Gasteiger charge is -2.37. The number of piperazine rings is 1. The summed E-state index contributed by atoms with van der Waals surface area (Å²) >= 11 is 0. The lowest BCUT2D eigenvalue weighted by Crippen LogP contribution is -2.52. The first-order valence-electron chi connectivity index (χ1n) is 10.3. The zero-order valence-corrected chi connectivity index (χ0v) is 17.8. The molecule has 5 heteroatoms. The van der Waals surface area contributed by atoms with Crippen molar-refractivity contribution in [2.75, 3.05) is 31.1 Å². The summed E-state index contributed by atoms with van der Waals surface area (Å²) in [6.07, 6.45) is 0.144. The first-order valence-corrected chi connectivity index (χ1v) is 10.3. The third-order valence-corrected chi connectivity index (χ3v) is 5.43. The summed E-state index contributed by atoms with van der Waals surface area (Å²) in [5.74, 6) is 0.523. The van der Waals surface area contributed by atoms with Crippen molar-refractivity contribution in [3.63, 3.8) is 0 Å². The number of carbonyl (C=O) groups is 1. The van der Waals surface area contributed by atoms with Crippen LogP contribution in [0.15, 0.2) is 48.5 Å². The van der Waals surface area contributed by atoms with Gasteiger partial charge in [0.05, 0.1) is 0 Å². The van der Waals surface area contributed by atoms with Crippen LogP contribution in [-0.4, -0.2) is 43.1 Å². The van der Waals surface area contributed by atoms with Gasteiger partial charge < -0.3 is 14.5 Å². The van der Waals surface area contributed by atoms with Crippen LogP contribution in [-0.2, 0) is 10.2 Å². The first-order chi connectivity index (χ1) is 13.8. The molecule has 0 bridgehead atoms. The highest BCUT2D eigenvalue weighted by Gasteiger charge is 2.28. The highest BCUT2D eigenvalue weighted by Crippen LogP contribution is 2.25. The summed E-state index contributed by atoms with van der Waals surface area (Å²) in [5.41, 5.74) is 2.31. The van der Waals surface area contributed by atoms with Crippen LogP contribution < -0.4 is 9.64 Å². The quantitative estimate of drug-likeness (QED) is 0.736. The van der Waals surface area contributed by atoms with Crippen LogP contribution in [0.1, 0.15) is 39.7 Å². The number of rotatable bonds is 5. The summed E-state index contributed by atoms with van der Waals surface area (Å²) in [4.78, 5) is 17.0. The predicted molar refractivity (Wildman–Crippen MR) is 115 cm³/mol. The molecule has 0 N–H and O–H groups in total. The van der Waals surface area contributed by atoms with Crippen molar-refractivity contribution in [3.05, 3.63) is 59.9 Å². The molecule has 29 heavy (non-hydrogen) atoms. The first kappa shape index (κ1) is 21.2. The van der Waals surface area contributed by atoms with E-state index >= 15 is 0 Å². The molecule has 156 valence electrons. The van der Waals surface area contributed by atoms with Gasteiger partial charge in [-0.2, -0.15) is 0 Å². The fraction of sp³-hybridized carbons (Fsp3) is 0.458. The Bertz CT molecular complexity index is 804. The van der Waals surface area contributed by atoms with Gasteiger partial charge in [0.1, 0.15) is 11.6 Å². The van der Waals surface area contributed by atoms with Gasteiger partial charge in [0.25, 0.3) is 5.91 Å². The second kappa shape index (κ2) is 8.85. The number of nitrogens with zero attached hydrogens (tertiary/aromatic N) is 2. The lowest BCUT2D eigenvalue weighted by atomic mass is 9.87. The molecule has 3 rings (SSSR count). The van der Waals surface area contributed by atoms with Crippen LogP contribution in [0.2, 0.25) is 0 Å². The Labute approximate surface area is 173 Å². The Morgan fingerprint density at radius 3 is 2.10 bits per heavy atom. The van der Waals surface area contributed by atoms with Crippen molar-refractivity contribution in [2.24, 2.45) is 0 Å². The van der Waals surface area contributed by atoms with E-state index in [0.29, 0.717) is 19.5 Å². The smallest absolute Gasteiger partial charge is 0.263 e. The number of hydrogen-bond acceptors (Lipinski definition) is 3. The second-order valence-electron chi connectivity index (χ2n) is 8.58. The molecule has 4 nitrogen and oxygen atoms in total.